The Bertz CT molecular complexity index is 944. The number of ether oxygens (including phenoxy) is 1. The average Bonchev–Trinajstić information content (AvgIpc) is 3.01. The molecule has 0 radical (unpaired) electrons. The second kappa shape index (κ2) is 7.51. The van der Waals surface area contributed by atoms with E-state index in [-0.39, 0.29) is 23.2 Å². The van der Waals surface area contributed by atoms with Crippen LogP contribution in [0.3, 0.4) is 0 Å². The number of sulfone groups is 1. The normalized spacial score (nSPS) is 18.1. The zero-order valence-corrected chi connectivity index (χ0v) is 16.3. The molecular formula is C18H22N4O4S. The monoisotopic (exact) mass is 390 g/mol. The van der Waals surface area contributed by atoms with Crippen LogP contribution in [0, 0.1) is 6.92 Å². The molecule has 8 nitrogen and oxygen atoms in total. The molecule has 1 aromatic heterocycles. The van der Waals surface area contributed by atoms with Crippen molar-refractivity contribution < 1.29 is 17.9 Å². The number of amides is 1. The summed E-state index contributed by atoms with van der Waals surface area (Å²) in [4.78, 5) is 22.7. The van der Waals surface area contributed by atoms with Crippen LogP contribution in [0.1, 0.15) is 22.5 Å². The average molecular weight is 390 g/mol. The Morgan fingerprint density at radius 2 is 2.07 bits per heavy atom. The Hall–Kier alpha value is -2.68. The summed E-state index contributed by atoms with van der Waals surface area (Å²) in [6, 6.07) is 5.36. The zero-order valence-electron chi connectivity index (χ0n) is 15.5. The molecule has 27 heavy (non-hydrogen) atoms. The minimum absolute atomic E-state index is 0.112. The van der Waals surface area contributed by atoms with E-state index in [0.29, 0.717) is 23.7 Å². The highest BCUT2D eigenvalue weighted by Crippen LogP contribution is 2.26. The third-order valence-electron chi connectivity index (χ3n) is 4.59. The maximum absolute atomic E-state index is 12.5. The van der Waals surface area contributed by atoms with Crippen molar-refractivity contribution in [3.8, 4) is 5.75 Å². The fraction of sp³-hybridized carbons (Fsp3) is 0.389. The van der Waals surface area contributed by atoms with Gasteiger partial charge in [0, 0.05) is 13.1 Å². The molecule has 0 spiro atoms. The summed E-state index contributed by atoms with van der Waals surface area (Å²) < 4.78 is 28.5. The van der Waals surface area contributed by atoms with Crippen LogP contribution in [-0.4, -0.2) is 56.0 Å². The number of anilines is 2. The standard InChI is InChI=1S/C18H22N4O4S/c1-12-4-5-16(26-3)14(8-12)21-18(23)15-9-20-17(10-19-15)22(2)13-6-7-27(24,25)11-13/h4-5,8-10,13H,6-7,11H2,1-3H3,(H,21,23). The molecule has 2 heterocycles. The van der Waals surface area contributed by atoms with Gasteiger partial charge in [0.15, 0.2) is 9.84 Å². The molecule has 0 bridgehead atoms. The molecule has 1 saturated heterocycles. The SMILES string of the molecule is COc1ccc(C)cc1NC(=O)c1cnc(N(C)C2CCS(=O)(=O)C2)cn1. The van der Waals surface area contributed by atoms with Crippen molar-refractivity contribution in [2.75, 3.05) is 35.9 Å². The zero-order chi connectivity index (χ0) is 19.6. The van der Waals surface area contributed by atoms with Crippen molar-refractivity contribution in [1.82, 2.24) is 9.97 Å². The van der Waals surface area contributed by atoms with Gasteiger partial charge in [-0.25, -0.2) is 18.4 Å². The Morgan fingerprint density at radius 3 is 2.67 bits per heavy atom. The molecule has 1 aliphatic heterocycles. The molecule has 0 aliphatic carbocycles. The van der Waals surface area contributed by atoms with Gasteiger partial charge in [0.05, 0.1) is 36.7 Å². The van der Waals surface area contributed by atoms with Gasteiger partial charge in [-0.1, -0.05) is 6.07 Å². The Kier molecular flexibility index (Phi) is 5.31. The van der Waals surface area contributed by atoms with E-state index in [1.807, 2.05) is 19.1 Å². The molecule has 2 aromatic rings. The van der Waals surface area contributed by atoms with Gasteiger partial charge in [0.2, 0.25) is 0 Å². The fourth-order valence-electron chi connectivity index (χ4n) is 2.99. The Morgan fingerprint density at radius 1 is 1.30 bits per heavy atom. The molecular weight excluding hydrogens is 368 g/mol. The molecule has 1 N–H and O–H groups in total. The molecule has 1 atom stereocenters. The second-order valence-electron chi connectivity index (χ2n) is 6.59. The summed E-state index contributed by atoms with van der Waals surface area (Å²) in [5.74, 6) is 0.987. The lowest BCUT2D eigenvalue weighted by atomic mass is 10.2. The molecule has 144 valence electrons. The number of carbonyl (C=O) groups excluding carboxylic acids is 1. The van der Waals surface area contributed by atoms with Crippen LogP contribution in [0.15, 0.2) is 30.6 Å². The second-order valence-corrected chi connectivity index (χ2v) is 8.81. The van der Waals surface area contributed by atoms with Crippen LogP contribution in [-0.2, 0) is 9.84 Å². The van der Waals surface area contributed by atoms with Gasteiger partial charge in [-0.15, -0.1) is 0 Å². The number of methoxy groups -OCH3 is 1. The summed E-state index contributed by atoms with van der Waals surface area (Å²) in [5.41, 5.74) is 1.71. The number of aryl methyl sites for hydroxylation is 1. The number of benzene rings is 1. The lowest BCUT2D eigenvalue weighted by molar-refractivity contribution is 0.102. The first-order valence-corrected chi connectivity index (χ1v) is 10.3. The van der Waals surface area contributed by atoms with Crippen molar-refractivity contribution in [2.45, 2.75) is 19.4 Å². The molecule has 9 heteroatoms. The van der Waals surface area contributed by atoms with Gasteiger partial charge < -0.3 is 15.0 Å². The molecule has 3 rings (SSSR count). The van der Waals surface area contributed by atoms with Crippen LogP contribution in [0.25, 0.3) is 0 Å². The summed E-state index contributed by atoms with van der Waals surface area (Å²) in [6.45, 7) is 1.92. The third kappa shape index (κ3) is 4.36. The number of nitrogens with zero attached hydrogens (tertiary/aromatic N) is 3. The first kappa shape index (κ1) is 19.1. The smallest absolute Gasteiger partial charge is 0.275 e. The molecule has 1 unspecified atom stereocenters. The van der Waals surface area contributed by atoms with E-state index in [1.54, 1.807) is 18.0 Å². The van der Waals surface area contributed by atoms with Crippen LogP contribution >= 0.6 is 0 Å². The summed E-state index contributed by atoms with van der Waals surface area (Å²) in [6.07, 6.45) is 3.43. The maximum Gasteiger partial charge on any atom is 0.275 e. The van der Waals surface area contributed by atoms with Gasteiger partial charge in [0.1, 0.15) is 17.3 Å². The van der Waals surface area contributed by atoms with Crippen molar-refractivity contribution in [3.63, 3.8) is 0 Å². The lowest BCUT2D eigenvalue weighted by Crippen LogP contribution is -2.33. The highest BCUT2D eigenvalue weighted by Gasteiger charge is 2.31. The summed E-state index contributed by atoms with van der Waals surface area (Å²) in [7, 11) is 0.340. The predicted octanol–water partition coefficient (Wildman–Crippen LogP) is 1.67. The molecule has 1 fully saturated rings. The predicted molar refractivity (Wildman–Crippen MR) is 103 cm³/mol. The number of carbonyl (C=O) groups is 1. The van der Waals surface area contributed by atoms with Crippen molar-refractivity contribution >= 4 is 27.2 Å². The van der Waals surface area contributed by atoms with E-state index >= 15 is 0 Å². The van der Waals surface area contributed by atoms with Crippen molar-refractivity contribution in [3.05, 3.63) is 41.9 Å². The molecule has 1 aliphatic rings. The topological polar surface area (TPSA) is 101 Å². The van der Waals surface area contributed by atoms with E-state index in [0.717, 1.165) is 5.56 Å². The molecule has 0 saturated carbocycles. The summed E-state index contributed by atoms with van der Waals surface area (Å²) in [5, 5.41) is 2.77. The van der Waals surface area contributed by atoms with Gasteiger partial charge in [-0.3, -0.25) is 4.79 Å². The minimum Gasteiger partial charge on any atom is -0.495 e. The Balaban J connectivity index is 1.72. The molecule has 1 aromatic carbocycles. The van der Waals surface area contributed by atoms with E-state index < -0.39 is 15.7 Å². The van der Waals surface area contributed by atoms with Gasteiger partial charge in [-0.2, -0.15) is 0 Å². The van der Waals surface area contributed by atoms with Crippen LogP contribution in [0.5, 0.6) is 5.75 Å². The van der Waals surface area contributed by atoms with E-state index in [9.17, 15) is 13.2 Å². The number of nitrogens with one attached hydrogen (secondary N) is 1. The van der Waals surface area contributed by atoms with E-state index in [1.165, 1.54) is 19.5 Å². The maximum atomic E-state index is 12.5. The fourth-order valence-corrected chi connectivity index (χ4v) is 4.77. The number of hydrogen-bond donors (Lipinski definition) is 1. The van der Waals surface area contributed by atoms with E-state index in [4.69, 9.17) is 4.74 Å². The Labute approximate surface area is 158 Å². The highest BCUT2D eigenvalue weighted by atomic mass is 32.2. The van der Waals surface area contributed by atoms with Crippen molar-refractivity contribution in [1.29, 1.82) is 0 Å². The number of hydrogen-bond acceptors (Lipinski definition) is 7. The first-order chi connectivity index (χ1) is 12.8. The quantitative estimate of drug-likeness (QED) is 0.828. The third-order valence-corrected chi connectivity index (χ3v) is 6.34. The minimum atomic E-state index is -2.98. The molecule has 1 amide bonds. The number of aromatic nitrogens is 2. The first-order valence-electron chi connectivity index (χ1n) is 8.50. The van der Waals surface area contributed by atoms with Gasteiger partial charge >= 0.3 is 0 Å². The van der Waals surface area contributed by atoms with E-state index in [2.05, 4.69) is 15.3 Å². The van der Waals surface area contributed by atoms with Crippen LogP contribution in [0.4, 0.5) is 11.5 Å². The van der Waals surface area contributed by atoms with Crippen LogP contribution < -0.4 is 15.0 Å². The van der Waals surface area contributed by atoms with Crippen LogP contribution in [0.2, 0.25) is 0 Å². The lowest BCUT2D eigenvalue weighted by Gasteiger charge is -2.24. The van der Waals surface area contributed by atoms with Gasteiger partial charge in [0.25, 0.3) is 5.91 Å². The van der Waals surface area contributed by atoms with Gasteiger partial charge in [-0.05, 0) is 31.0 Å². The van der Waals surface area contributed by atoms with Crippen molar-refractivity contribution in [2.24, 2.45) is 0 Å². The highest BCUT2D eigenvalue weighted by molar-refractivity contribution is 7.91. The largest absolute Gasteiger partial charge is 0.495 e. The number of rotatable bonds is 5. The summed E-state index contributed by atoms with van der Waals surface area (Å²) >= 11 is 0.